The van der Waals surface area contributed by atoms with Crippen LogP contribution < -0.4 is 14.7 Å². The molecule has 0 aliphatic carbocycles. The molecule has 0 unspecified atom stereocenters. The molecular weight excluding hydrogens is 364 g/mol. The average molecular weight is 405 g/mol. The Morgan fingerprint density at radius 3 is 1.62 bits per heavy atom. The van der Waals surface area contributed by atoms with Gasteiger partial charge in [0.1, 0.15) is 5.78 Å². The molecule has 0 amide bonds. The summed E-state index contributed by atoms with van der Waals surface area (Å²) in [5.41, 5.74) is -0.697. The quantitative estimate of drug-likeness (QED) is 0.614. The number of hydrogen-bond acceptors (Lipinski definition) is 7. The third-order valence-corrected chi connectivity index (χ3v) is 5.65. The molecule has 1 aromatic rings. The standard InChI is InChI=1S/C22H40N6O/c1-9-11-13-26(7)18-23-19(27(8)14-12-10-2)25-20(24-18)28-21(3,4)15-17(29)16-22(28,5)6/h9-16H2,1-8H3. The highest BCUT2D eigenvalue weighted by Crippen LogP contribution is 2.39. The van der Waals surface area contributed by atoms with E-state index in [2.05, 4.69) is 56.2 Å². The lowest BCUT2D eigenvalue weighted by Crippen LogP contribution is -2.62. The van der Waals surface area contributed by atoms with Gasteiger partial charge in [-0.15, -0.1) is 0 Å². The Kier molecular flexibility index (Phi) is 7.46. The molecule has 2 heterocycles. The van der Waals surface area contributed by atoms with Crippen LogP contribution in [0.15, 0.2) is 0 Å². The highest BCUT2D eigenvalue weighted by molar-refractivity contribution is 5.84. The first-order valence-corrected chi connectivity index (χ1v) is 11.0. The number of carbonyl (C=O) groups excluding carboxylic acids is 1. The van der Waals surface area contributed by atoms with Gasteiger partial charge in [0.05, 0.1) is 0 Å². The van der Waals surface area contributed by atoms with Crippen LogP contribution in [0.5, 0.6) is 0 Å². The monoisotopic (exact) mass is 404 g/mol. The van der Waals surface area contributed by atoms with Gasteiger partial charge in [0.15, 0.2) is 0 Å². The summed E-state index contributed by atoms with van der Waals surface area (Å²) >= 11 is 0. The van der Waals surface area contributed by atoms with E-state index in [1.807, 2.05) is 14.1 Å². The van der Waals surface area contributed by atoms with Gasteiger partial charge in [-0.05, 0) is 40.5 Å². The Morgan fingerprint density at radius 2 is 1.24 bits per heavy atom. The van der Waals surface area contributed by atoms with E-state index < -0.39 is 0 Å². The van der Waals surface area contributed by atoms with Crippen molar-refractivity contribution >= 4 is 23.6 Å². The van der Waals surface area contributed by atoms with Crippen LogP contribution in [0.25, 0.3) is 0 Å². The maximum Gasteiger partial charge on any atom is 0.232 e. The van der Waals surface area contributed by atoms with Crippen molar-refractivity contribution in [3.8, 4) is 0 Å². The van der Waals surface area contributed by atoms with E-state index in [-0.39, 0.29) is 11.1 Å². The number of aromatic nitrogens is 3. The number of nitrogens with zero attached hydrogens (tertiary/aromatic N) is 6. The van der Waals surface area contributed by atoms with Crippen LogP contribution in [0.3, 0.4) is 0 Å². The average Bonchev–Trinajstić information content (AvgIpc) is 2.61. The molecule has 0 atom stereocenters. The van der Waals surface area contributed by atoms with Gasteiger partial charge in [-0.1, -0.05) is 26.7 Å². The van der Waals surface area contributed by atoms with Gasteiger partial charge in [0.2, 0.25) is 17.8 Å². The molecule has 0 aromatic carbocycles. The lowest BCUT2D eigenvalue weighted by molar-refractivity contribution is -0.123. The third-order valence-electron chi connectivity index (χ3n) is 5.65. The van der Waals surface area contributed by atoms with Crippen LogP contribution in [-0.2, 0) is 4.79 Å². The fraction of sp³-hybridized carbons (Fsp3) is 0.818. The van der Waals surface area contributed by atoms with E-state index >= 15 is 0 Å². The Balaban J connectivity index is 2.52. The Hall–Kier alpha value is -1.92. The van der Waals surface area contributed by atoms with Gasteiger partial charge in [-0.2, -0.15) is 15.0 Å². The molecule has 2 rings (SSSR count). The number of piperidine rings is 1. The largest absolute Gasteiger partial charge is 0.344 e. The Morgan fingerprint density at radius 1 is 0.828 bits per heavy atom. The molecule has 0 N–H and O–H groups in total. The van der Waals surface area contributed by atoms with E-state index in [9.17, 15) is 4.79 Å². The minimum Gasteiger partial charge on any atom is -0.344 e. The first-order valence-electron chi connectivity index (χ1n) is 11.0. The first-order chi connectivity index (χ1) is 13.5. The number of ketones is 1. The topological polar surface area (TPSA) is 65.5 Å². The molecule has 0 spiro atoms. The minimum atomic E-state index is -0.349. The molecule has 7 nitrogen and oxygen atoms in total. The summed E-state index contributed by atoms with van der Waals surface area (Å²) in [5, 5.41) is 0. The van der Waals surface area contributed by atoms with Crippen molar-refractivity contribution in [2.45, 2.75) is 91.1 Å². The second kappa shape index (κ2) is 9.26. The van der Waals surface area contributed by atoms with E-state index in [4.69, 9.17) is 15.0 Å². The van der Waals surface area contributed by atoms with Gasteiger partial charge < -0.3 is 14.7 Å². The van der Waals surface area contributed by atoms with E-state index in [0.29, 0.717) is 36.5 Å². The summed E-state index contributed by atoms with van der Waals surface area (Å²) in [7, 11) is 4.08. The normalized spacial score (nSPS) is 18.1. The van der Waals surface area contributed by atoms with Crippen molar-refractivity contribution < 1.29 is 4.79 Å². The lowest BCUT2D eigenvalue weighted by Gasteiger charge is -2.52. The highest BCUT2D eigenvalue weighted by atomic mass is 16.1. The smallest absolute Gasteiger partial charge is 0.232 e. The molecular formula is C22H40N6O. The zero-order valence-corrected chi connectivity index (χ0v) is 19.7. The van der Waals surface area contributed by atoms with Crippen LogP contribution in [0.1, 0.15) is 80.1 Å². The predicted molar refractivity (Wildman–Crippen MR) is 121 cm³/mol. The maximum atomic E-state index is 12.4. The number of anilines is 3. The first kappa shape index (κ1) is 23.4. The number of carbonyl (C=O) groups is 1. The SMILES string of the molecule is CCCCN(C)c1nc(N(C)CCCC)nc(N2C(C)(C)CC(=O)CC2(C)C)n1. The number of rotatable bonds is 9. The highest BCUT2D eigenvalue weighted by Gasteiger charge is 2.46. The van der Waals surface area contributed by atoms with Crippen molar-refractivity contribution in [2.75, 3.05) is 41.9 Å². The van der Waals surface area contributed by atoms with Crippen LogP contribution in [0.4, 0.5) is 17.8 Å². The zero-order chi connectivity index (χ0) is 21.8. The Labute approximate surface area is 176 Å². The van der Waals surface area contributed by atoms with Gasteiger partial charge >= 0.3 is 0 Å². The summed E-state index contributed by atoms with van der Waals surface area (Å²) in [6.07, 6.45) is 5.44. The molecule has 0 radical (unpaired) electrons. The third kappa shape index (κ3) is 5.58. The molecule has 0 bridgehead atoms. The summed E-state index contributed by atoms with van der Waals surface area (Å²) in [4.78, 5) is 33.4. The second-order valence-electron chi connectivity index (χ2n) is 9.64. The minimum absolute atomic E-state index is 0.297. The lowest BCUT2D eigenvalue weighted by atomic mass is 9.79. The second-order valence-corrected chi connectivity index (χ2v) is 9.64. The molecule has 1 aliphatic heterocycles. The summed E-state index contributed by atoms with van der Waals surface area (Å²) in [5.74, 6) is 2.36. The van der Waals surface area contributed by atoms with Crippen molar-refractivity contribution in [1.82, 2.24) is 15.0 Å². The molecule has 164 valence electrons. The summed E-state index contributed by atoms with van der Waals surface area (Å²) in [6, 6.07) is 0. The van der Waals surface area contributed by atoms with E-state index in [1.54, 1.807) is 0 Å². The molecule has 29 heavy (non-hydrogen) atoms. The summed E-state index contributed by atoms with van der Waals surface area (Å²) in [6.45, 7) is 14.6. The van der Waals surface area contributed by atoms with Crippen molar-refractivity contribution in [3.63, 3.8) is 0 Å². The number of unbranched alkanes of at least 4 members (excludes halogenated alkanes) is 2. The Bertz CT molecular complexity index is 650. The van der Waals surface area contributed by atoms with Crippen LogP contribution in [0.2, 0.25) is 0 Å². The fourth-order valence-electron chi connectivity index (χ4n) is 4.32. The van der Waals surface area contributed by atoms with Gasteiger partial charge in [-0.25, -0.2) is 0 Å². The van der Waals surface area contributed by atoms with Crippen molar-refractivity contribution in [1.29, 1.82) is 0 Å². The molecule has 1 saturated heterocycles. The van der Waals surface area contributed by atoms with Crippen LogP contribution in [-0.4, -0.2) is 59.0 Å². The fourth-order valence-corrected chi connectivity index (χ4v) is 4.32. The molecule has 1 aromatic heterocycles. The zero-order valence-electron chi connectivity index (χ0n) is 19.7. The maximum absolute atomic E-state index is 12.4. The summed E-state index contributed by atoms with van der Waals surface area (Å²) < 4.78 is 0. The number of Topliss-reactive ketones (excluding diaryl/α,β-unsaturated/α-hetero) is 1. The predicted octanol–water partition coefficient (Wildman–Crippen LogP) is 4.07. The van der Waals surface area contributed by atoms with Gasteiger partial charge in [0.25, 0.3) is 0 Å². The van der Waals surface area contributed by atoms with E-state index in [1.165, 1.54) is 0 Å². The number of hydrogen-bond donors (Lipinski definition) is 0. The van der Waals surface area contributed by atoms with Gasteiger partial charge in [0, 0.05) is 51.1 Å². The van der Waals surface area contributed by atoms with Crippen LogP contribution in [0, 0.1) is 0 Å². The van der Waals surface area contributed by atoms with E-state index in [0.717, 1.165) is 38.8 Å². The molecule has 0 saturated carbocycles. The van der Waals surface area contributed by atoms with Gasteiger partial charge in [-0.3, -0.25) is 4.79 Å². The molecule has 1 fully saturated rings. The molecule has 7 heteroatoms. The van der Waals surface area contributed by atoms with Crippen molar-refractivity contribution in [3.05, 3.63) is 0 Å². The van der Waals surface area contributed by atoms with Crippen molar-refractivity contribution in [2.24, 2.45) is 0 Å². The molecule has 1 aliphatic rings. The van der Waals surface area contributed by atoms with Crippen LogP contribution >= 0.6 is 0 Å².